The number of ketones is 1. The summed E-state index contributed by atoms with van der Waals surface area (Å²) in [5, 5.41) is 6.24. The minimum absolute atomic E-state index is 0.0113. The fourth-order valence-corrected chi connectivity index (χ4v) is 1.50. The number of anilines is 1. The molecule has 0 aliphatic carbocycles. The molecule has 0 spiro atoms. The number of nitrogens with one attached hydrogen (secondary N) is 1. The molecule has 1 aromatic heterocycles. The van der Waals surface area contributed by atoms with Gasteiger partial charge >= 0.3 is 0 Å². The lowest BCUT2D eigenvalue weighted by Gasteiger charge is -2.04. The van der Waals surface area contributed by atoms with Gasteiger partial charge in [0.2, 0.25) is 0 Å². The van der Waals surface area contributed by atoms with E-state index in [1.165, 1.54) is 13.1 Å². The molecule has 0 saturated heterocycles. The van der Waals surface area contributed by atoms with E-state index < -0.39 is 0 Å². The second-order valence-corrected chi connectivity index (χ2v) is 3.88. The predicted octanol–water partition coefficient (Wildman–Crippen LogP) is 2.44. The van der Waals surface area contributed by atoms with Crippen molar-refractivity contribution in [2.24, 2.45) is 0 Å². The van der Waals surface area contributed by atoms with Crippen LogP contribution in [0, 0.1) is 6.92 Å². The van der Waals surface area contributed by atoms with Gasteiger partial charge in [0.15, 0.2) is 5.78 Å². The van der Waals surface area contributed by atoms with Crippen LogP contribution in [0.15, 0.2) is 35.0 Å². The molecule has 0 aliphatic heterocycles. The smallest absolute Gasteiger partial charge is 0.260 e. The number of amides is 1. The molecule has 18 heavy (non-hydrogen) atoms. The van der Waals surface area contributed by atoms with E-state index in [-0.39, 0.29) is 11.7 Å². The van der Waals surface area contributed by atoms with Crippen molar-refractivity contribution in [2.45, 2.75) is 13.8 Å². The summed E-state index contributed by atoms with van der Waals surface area (Å²) in [5.74, 6) is 0.167. The highest BCUT2D eigenvalue weighted by Crippen LogP contribution is 2.13. The van der Waals surface area contributed by atoms with Crippen molar-refractivity contribution in [1.82, 2.24) is 5.16 Å². The van der Waals surface area contributed by atoms with E-state index in [2.05, 4.69) is 10.5 Å². The van der Waals surface area contributed by atoms with Gasteiger partial charge in [-0.1, -0.05) is 5.16 Å². The monoisotopic (exact) mass is 244 g/mol. The zero-order chi connectivity index (χ0) is 13.1. The maximum Gasteiger partial charge on any atom is 0.260 e. The third-order valence-electron chi connectivity index (χ3n) is 2.54. The standard InChI is InChI=1S/C13H12N2O3/c1-8(16)10-3-5-11(6-4-10)15-13(17)12-7-14-18-9(12)2/h3-7H,1-2H3,(H,15,17). The zero-order valence-electron chi connectivity index (χ0n) is 10.1. The topological polar surface area (TPSA) is 72.2 Å². The molecule has 0 radical (unpaired) electrons. The van der Waals surface area contributed by atoms with Gasteiger partial charge in [0.1, 0.15) is 11.3 Å². The van der Waals surface area contributed by atoms with Crippen LogP contribution in [-0.4, -0.2) is 16.8 Å². The van der Waals surface area contributed by atoms with Gasteiger partial charge in [0.05, 0.1) is 6.20 Å². The first-order chi connectivity index (χ1) is 8.58. The Morgan fingerprint density at radius 1 is 1.22 bits per heavy atom. The second-order valence-electron chi connectivity index (χ2n) is 3.88. The largest absolute Gasteiger partial charge is 0.361 e. The van der Waals surface area contributed by atoms with E-state index in [9.17, 15) is 9.59 Å². The van der Waals surface area contributed by atoms with E-state index in [4.69, 9.17) is 4.52 Å². The molecule has 0 saturated carbocycles. The van der Waals surface area contributed by atoms with Crippen LogP contribution in [0.25, 0.3) is 0 Å². The first-order valence-electron chi connectivity index (χ1n) is 5.41. The molecule has 0 bridgehead atoms. The fourth-order valence-electron chi connectivity index (χ4n) is 1.50. The maximum atomic E-state index is 11.8. The number of nitrogens with zero attached hydrogens (tertiary/aromatic N) is 1. The summed E-state index contributed by atoms with van der Waals surface area (Å²) in [6.07, 6.45) is 1.37. The van der Waals surface area contributed by atoms with Gasteiger partial charge in [0.25, 0.3) is 5.91 Å². The van der Waals surface area contributed by atoms with Crippen molar-refractivity contribution in [3.05, 3.63) is 47.3 Å². The molecule has 2 aromatic rings. The highest BCUT2D eigenvalue weighted by molar-refractivity contribution is 6.05. The number of rotatable bonds is 3. The molecule has 5 nitrogen and oxygen atoms in total. The Bertz CT molecular complexity index is 585. The second kappa shape index (κ2) is 4.83. The maximum absolute atomic E-state index is 11.8. The molecule has 1 aromatic carbocycles. The molecule has 5 heteroatoms. The van der Waals surface area contributed by atoms with E-state index in [0.717, 1.165) is 0 Å². The van der Waals surface area contributed by atoms with E-state index in [1.807, 2.05) is 0 Å². The van der Waals surface area contributed by atoms with Crippen LogP contribution in [0.5, 0.6) is 0 Å². The minimum Gasteiger partial charge on any atom is -0.361 e. The Morgan fingerprint density at radius 3 is 2.39 bits per heavy atom. The van der Waals surface area contributed by atoms with Gasteiger partial charge in [0, 0.05) is 11.3 Å². The number of benzene rings is 1. The number of carbonyl (C=O) groups is 2. The van der Waals surface area contributed by atoms with Crippen LogP contribution in [0.2, 0.25) is 0 Å². The summed E-state index contributed by atoms with van der Waals surface area (Å²) < 4.78 is 4.82. The average molecular weight is 244 g/mol. The Hall–Kier alpha value is -2.43. The van der Waals surface area contributed by atoms with Crippen molar-refractivity contribution in [2.75, 3.05) is 5.32 Å². The number of aromatic nitrogens is 1. The third-order valence-corrected chi connectivity index (χ3v) is 2.54. The summed E-state index contributed by atoms with van der Waals surface area (Å²) in [4.78, 5) is 22.9. The van der Waals surface area contributed by atoms with Crippen molar-refractivity contribution in [1.29, 1.82) is 0 Å². The molecule has 0 fully saturated rings. The van der Waals surface area contributed by atoms with Gasteiger partial charge in [-0.25, -0.2) is 0 Å². The van der Waals surface area contributed by atoms with Crippen LogP contribution in [-0.2, 0) is 0 Å². The van der Waals surface area contributed by atoms with Gasteiger partial charge in [-0.15, -0.1) is 0 Å². The molecule has 1 N–H and O–H groups in total. The number of aryl methyl sites for hydroxylation is 1. The SMILES string of the molecule is CC(=O)c1ccc(NC(=O)c2cnoc2C)cc1. The fraction of sp³-hybridized carbons (Fsp3) is 0.154. The van der Waals surface area contributed by atoms with Crippen LogP contribution in [0.1, 0.15) is 33.4 Å². The highest BCUT2D eigenvalue weighted by atomic mass is 16.5. The molecular formula is C13H12N2O3. The van der Waals surface area contributed by atoms with E-state index in [0.29, 0.717) is 22.6 Å². The Balaban J connectivity index is 2.13. The third kappa shape index (κ3) is 2.45. The van der Waals surface area contributed by atoms with Crippen molar-refractivity contribution < 1.29 is 14.1 Å². The van der Waals surface area contributed by atoms with Gasteiger partial charge < -0.3 is 9.84 Å². The molecular weight excluding hydrogens is 232 g/mol. The van der Waals surface area contributed by atoms with Crippen LogP contribution in [0.3, 0.4) is 0 Å². The van der Waals surface area contributed by atoms with Crippen molar-refractivity contribution in [3.8, 4) is 0 Å². The molecule has 1 heterocycles. The molecule has 1 amide bonds. The zero-order valence-corrected chi connectivity index (χ0v) is 10.1. The van der Waals surface area contributed by atoms with Crippen molar-refractivity contribution in [3.63, 3.8) is 0 Å². The summed E-state index contributed by atoms with van der Waals surface area (Å²) in [6, 6.07) is 6.69. The summed E-state index contributed by atoms with van der Waals surface area (Å²) in [5.41, 5.74) is 1.62. The van der Waals surface area contributed by atoms with Crippen LogP contribution >= 0.6 is 0 Å². The lowest BCUT2D eigenvalue weighted by molar-refractivity contribution is 0.101. The first-order valence-corrected chi connectivity index (χ1v) is 5.41. The van der Waals surface area contributed by atoms with E-state index >= 15 is 0 Å². The van der Waals surface area contributed by atoms with Crippen LogP contribution < -0.4 is 5.32 Å². The van der Waals surface area contributed by atoms with Crippen molar-refractivity contribution >= 4 is 17.4 Å². The Kier molecular flexibility index (Phi) is 3.23. The number of carbonyl (C=O) groups excluding carboxylic acids is 2. The number of hydrogen-bond acceptors (Lipinski definition) is 4. The first kappa shape index (κ1) is 12.0. The molecule has 2 rings (SSSR count). The quantitative estimate of drug-likeness (QED) is 0.841. The molecule has 0 unspecified atom stereocenters. The van der Waals surface area contributed by atoms with Crippen LogP contribution in [0.4, 0.5) is 5.69 Å². The number of Topliss-reactive ketones (excluding diaryl/α,β-unsaturated/α-hetero) is 1. The summed E-state index contributed by atoms with van der Waals surface area (Å²) in [6.45, 7) is 3.16. The predicted molar refractivity (Wildman–Crippen MR) is 65.6 cm³/mol. The van der Waals surface area contributed by atoms with Gasteiger partial charge in [-0.2, -0.15) is 0 Å². The average Bonchev–Trinajstić information content (AvgIpc) is 2.76. The van der Waals surface area contributed by atoms with Gasteiger partial charge in [-0.3, -0.25) is 9.59 Å². The van der Waals surface area contributed by atoms with Gasteiger partial charge in [-0.05, 0) is 38.1 Å². The normalized spacial score (nSPS) is 10.1. The summed E-state index contributed by atoms with van der Waals surface area (Å²) >= 11 is 0. The summed E-state index contributed by atoms with van der Waals surface area (Å²) in [7, 11) is 0. The minimum atomic E-state index is -0.288. The van der Waals surface area contributed by atoms with E-state index in [1.54, 1.807) is 31.2 Å². The molecule has 92 valence electrons. The molecule has 0 aliphatic rings. The molecule has 0 atom stereocenters. The highest BCUT2D eigenvalue weighted by Gasteiger charge is 2.12. The Morgan fingerprint density at radius 2 is 1.89 bits per heavy atom. The Labute approximate surface area is 104 Å². The number of hydrogen-bond donors (Lipinski definition) is 1. The lowest BCUT2D eigenvalue weighted by Crippen LogP contribution is -2.12. The lowest BCUT2D eigenvalue weighted by atomic mass is 10.1.